The third-order valence-electron chi connectivity index (χ3n) is 4.30. The lowest BCUT2D eigenvalue weighted by molar-refractivity contribution is -0.384. The Bertz CT molecular complexity index is 828. The number of nitrogens with one attached hydrogen (secondary N) is 2. The van der Waals surface area contributed by atoms with Crippen LogP contribution in [0.15, 0.2) is 47.5 Å². The number of nitrogens with zero attached hydrogens (tertiary/aromatic N) is 2. The summed E-state index contributed by atoms with van der Waals surface area (Å²) in [6, 6.07) is 12.2. The van der Waals surface area contributed by atoms with Crippen LogP contribution in [-0.4, -0.2) is 31.6 Å². The van der Waals surface area contributed by atoms with Crippen molar-refractivity contribution in [3.63, 3.8) is 0 Å². The molecule has 0 heterocycles. The van der Waals surface area contributed by atoms with Crippen LogP contribution in [0.2, 0.25) is 0 Å². The van der Waals surface area contributed by atoms with Gasteiger partial charge < -0.3 is 20.1 Å². The highest BCUT2D eigenvalue weighted by Gasteiger charge is 2.06. The summed E-state index contributed by atoms with van der Waals surface area (Å²) in [7, 11) is 3.21. The average molecular weight is 528 g/mol. The van der Waals surface area contributed by atoms with Gasteiger partial charge in [0.1, 0.15) is 0 Å². The summed E-state index contributed by atoms with van der Waals surface area (Å²) in [4.78, 5) is 15.0. The maximum Gasteiger partial charge on any atom is 0.269 e. The molecule has 2 aromatic rings. The molecular weight excluding hydrogens is 499 g/mol. The molecule has 0 amide bonds. The molecule has 0 aromatic heterocycles. The van der Waals surface area contributed by atoms with E-state index in [1.807, 2.05) is 18.2 Å². The molecule has 2 N–H and O–H groups in total. The van der Waals surface area contributed by atoms with Gasteiger partial charge in [-0.15, -0.1) is 24.0 Å². The number of aliphatic imine (C=N–C) groups is 1. The van der Waals surface area contributed by atoms with Gasteiger partial charge in [0.2, 0.25) is 0 Å². The van der Waals surface area contributed by atoms with E-state index in [0.717, 1.165) is 30.5 Å². The van der Waals surface area contributed by atoms with Gasteiger partial charge in [0.25, 0.3) is 5.69 Å². The maximum absolute atomic E-state index is 10.8. The third-order valence-corrected chi connectivity index (χ3v) is 4.30. The first kappa shape index (κ1) is 25.5. The zero-order chi connectivity index (χ0) is 21.1. The fourth-order valence-corrected chi connectivity index (χ4v) is 2.63. The first-order chi connectivity index (χ1) is 14.1. The standard InChI is InChI=1S/C21H28N4O4.HI/c1-4-5-12-22-21(23-14-16-6-9-18(10-7-16)25(26)27)24-15-17-8-11-19(28-2)20(13-17)29-3;/h6-11,13H,4-5,12,14-15H2,1-3H3,(H2,22,23,24);1H. The molecule has 30 heavy (non-hydrogen) atoms. The topological polar surface area (TPSA) is 98.0 Å². The van der Waals surface area contributed by atoms with Gasteiger partial charge in [-0.2, -0.15) is 0 Å². The molecule has 0 bridgehead atoms. The van der Waals surface area contributed by atoms with Gasteiger partial charge in [0.05, 0.1) is 25.7 Å². The second-order valence-electron chi connectivity index (χ2n) is 6.41. The van der Waals surface area contributed by atoms with Crippen molar-refractivity contribution in [3.8, 4) is 11.5 Å². The predicted molar refractivity (Wildman–Crippen MR) is 129 cm³/mol. The van der Waals surface area contributed by atoms with Crippen molar-refractivity contribution in [2.24, 2.45) is 4.99 Å². The highest BCUT2D eigenvalue weighted by Crippen LogP contribution is 2.27. The number of benzene rings is 2. The van der Waals surface area contributed by atoms with Crippen LogP contribution in [0.5, 0.6) is 11.5 Å². The van der Waals surface area contributed by atoms with Crippen LogP contribution in [0.4, 0.5) is 5.69 Å². The summed E-state index contributed by atoms with van der Waals surface area (Å²) in [5.41, 5.74) is 2.01. The van der Waals surface area contributed by atoms with Crippen molar-refractivity contribution in [1.82, 2.24) is 10.6 Å². The fourth-order valence-electron chi connectivity index (χ4n) is 2.63. The van der Waals surface area contributed by atoms with Gasteiger partial charge in [-0.3, -0.25) is 10.1 Å². The van der Waals surface area contributed by atoms with Crippen molar-refractivity contribution in [2.45, 2.75) is 32.9 Å². The second kappa shape index (κ2) is 13.6. The molecule has 0 aliphatic rings. The van der Waals surface area contributed by atoms with Crippen LogP contribution in [-0.2, 0) is 13.1 Å². The SMILES string of the molecule is CCCCNC(=NCc1ccc(OC)c(OC)c1)NCc1ccc([N+](=O)[O-])cc1.I. The summed E-state index contributed by atoms with van der Waals surface area (Å²) in [5, 5.41) is 17.4. The number of unbranched alkanes of at least 4 members (excludes halogenated alkanes) is 1. The van der Waals surface area contributed by atoms with Crippen LogP contribution >= 0.6 is 24.0 Å². The van der Waals surface area contributed by atoms with Gasteiger partial charge in [-0.1, -0.05) is 31.5 Å². The summed E-state index contributed by atoms with van der Waals surface area (Å²) in [6.45, 7) is 3.94. The number of nitro benzene ring substituents is 1. The minimum atomic E-state index is -0.403. The largest absolute Gasteiger partial charge is 0.493 e. The highest BCUT2D eigenvalue weighted by molar-refractivity contribution is 14.0. The smallest absolute Gasteiger partial charge is 0.269 e. The number of halogens is 1. The number of methoxy groups -OCH3 is 2. The Morgan fingerprint density at radius 3 is 2.30 bits per heavy atom. The predicted octanol–water partition coefficient (Wildman–Crippen LogP) is 4.27. The summed E-state index contributed by atoms with van der Waals surface area (Å²) in [5.74, 6) is 2.03. The van der Waals surface area contributed by atoms with E-state index in [4.69, 9.17) is 9.47 Å². The number of hydrogen-bond donors (Lipinski definition) is 2. The number of ether oxygens (including phenoxy) is 2. The number of rotatable bonds is 10. The molecule has 0 radical (unpaired) electrons. The lowest BCUT2D eigenvalue weighted by Crippen LogP contribution is -2.37. The van der Waals surface area contributed by atoms with Crippen molar-refractivity contribution in [2.75, 3.05) is 20.8 Å². The first-order valence-corrected chi connectivity index (χ1v) is 9.53. The number of non-ortho nitro benzene ring substituents is 1. The quantitative estimate of drug-likeness (QED) is 0.119. The lowest BCUT2D eigenvalue weighted by atomic mass is 10.2. The van der Waals surface area contributed by atoms with Crippen molar-refractivity contribution in [1.29, 1.82) is 0 Å². The van der Waals surface area contributed by atoms with Crippen LogP contribution in [0.3, 0.4) is 0 Å². The summed E-state index contributed by atoms with van der Waals surface area (Å²) in [6.07, 6.45) is 2.12. The molecule has 0 fully saturated rings. The Labute approximate surface area is 194 Å². The first-order valence-electron chi connectivity index (χ1n) is 9.53. The Morgan fingerprint density at radius 1 is 1.03 bits per heavy atom. The Balaban J connectivity index is 0.00000450. The van der Waals surface area contributed by atoms with Crippen LogP contribution < -0.4 is 20.1 Å². The average Bonchev–Trinajstić information content (AvgIpc) is 2.75. The highest BCUT2D eigenvalue weighted by atomic mass is 127. The Kier molecular flexibility index (Phi) is 11.6. The van der Waals surface area contributed by atoms with E-state index in [-0.39, 0.29) is 29.7 Å². The molecule has 2 aromatic carbocycles. The molecule has 0 unspecified atom stereocenters. The third kappa shape index (κ3) is 8.05. The molecular formula is C21H29IN4O4. The minimum absolute atomic E-state index is 0. The maximum atomic E-state index is 10.8. The Morgan fingerprint density at radius 2 is 1.70 bits per heavy atom. The van der Waals surface area contributed by atoms with E-state index in [2.05, 4.69) is 22.5 Å². The van der Waals surface area contributed by atoms with Crippen LogP contribution in [0, 0.1) is 10.1 Å². The van der Waals surface area contributed by atoms with E-state index in [0.29, 0.717) is 30.5 Å². The van der Waals surface area contributed by atoms with E-state index < -0.39 is 4.92 Å². The number of nitro groups is 1. The van der Waals surface area contributed by atoms with E-state index in [1.165, 1.54) is 12.1 Å². The monoisotopic (exact) mass is 528 g/mol. The van der Waals surface area contributed by atoms with E-state index in [1.54, 1.807) is 26.4 Å². The van der Waals surface area contributed by atoms with Gasteiger partial charge in [0, 0.05) is 25.2 Å². The molecule has 0 atom stereocenters. The van der Waals surface area contributed by atoms with Crippen molar-refractivity contribution in [3.05, 3.63) is 63.7 Å². The normalized spacial score (nSPS) is 10.7. The minimum Gasteiger partial charge on any atom is -0.493 e. The van der Waals surface area contributed by atoms with E-state index >= 15 is 0 Å². The zero-order valence-corrected chi connectivity index (χ0v) is 19.8. The molecule has 164 valence electrons. The molecule has 0 saturated carbocycles. The molecule has 8 nitrogen and oxygen atoms in total. The van der Waals surface area contributed by atoms with Gasteiger partial charge in [-0.25, -0.2) is 4.99 Å². The number of guanidine groups is 1. The fraction of sp³-hybridized carbons (Fsp3) is 0.381. The van der Waals surface area contributed by atoms with Crippen molar-refractivity contribution >= 4 is 35.6 Å². The number of hydrogen-bond acceptors (Lipinski definition) is 5. The van der Waals surface area contributed by atoms with Crippen LogP contribution in [0.1, 0.15) is 30.9 Å². The summed E-state index contributed by atoms with van der Waals surface area (Å²) < 4.78 is 10.6. The Hall–Kier alpha value is -2.56. The molecule has 0 aliphatic heterocycles. The molecule has 0 spiro atoms. The molecule has 0 aliphatic carbocycles. The van der Waals surface area contributed by atoms with E-state index in [9.17, 15) is 10.1 Å². The summed E-state index contributed by atoms with van der Waals surface area (Å²) >= 11 is 0. The van der Waals surface area contributed by atoms with Gasteiger partial charge >= 0.3 is 0 Å². The molecule has 9 heteroatoms. The zero-order valence-electron chi connectivity index (χ0n) is 17.5. The van der Waals surface area contributed by atoms with Gasteiger partial charge in [0.15, 0.2) is 17.5 Å². The lowest BCUT2D eigenvalue weighted by Gasteiger charge is -2.13. The molecule has 0 saturated heterocycles. The van der Waals surface area contributed by atoms with Gasteiger partial charge in [-0.05, 0) is 29.7 Å². The van der Waals surface area contributed by atoms with Crippen molar-refractivity contribution < 1.29 is 14.4 Å². The second-order valence-corrected chi connectivity index (χ2v) is 6.41. The van der Waals surface area contributed by atoms with Crippen LogP contribution in [0.25, 0.3) is 0 Å². The molecule has 2 rings (SSSR count).